The van der Waals surface area contributed by atoms with Crippen LogP contribution >= 0.6 is 0 Å². The maximum Gasteiger partial charge on any atom is -0.0156 e. The van der Waals surface area contributed by atoms with Gasteiger partial charge in [0.1, 0.15) is 0 Å². The Balaban J connectivity index is 0.000000337. The van der Waals surface area contributed by atoms with E-state index >= 15 is 0 Å². The number of rotatable bonds is 2. The standard InChI is InChI=1S/C12H16.C3H8/c1-3-10-6-4-5-9(2)12(10)11-7-8-11;1-3-2/h4-6,11H,3,7-8H2,1-2H3;3H2,1-2H3. The van der Waals surface area contributed by atoms with Crippen LogP contribution in [0.1, 0.15) is 62.6 Å². The van der Waals surface area contributed by atoms with Gasteiger partial charge in [-0.05, 0) is 48.8 Å². The molecule has 0 saturated heterocycles. The van der Waals surface area contributed by atoms with Crippen molar-refractivity contribution in [1.82, 2.24) is 0 Å². The maximum absolute atomic E-state index is 2.28. The van der Waals surface area contributed by atoms with Crippen LogP contribution < -0.4 is 0 Å². The van der Waals surface area contributed by atoms with Crippen molar-refractivity contribution in [3.05, 3.63) is 34.9 Å². The largest absolute Gasteiger partial charge is 0.0656 e. The Morgan fingerprint density at radius 1 is 1.13 bits per heavy atom. The fraction of sp³-hybridized carbons (Fsp3) is 0.600. The molecule has 0 heteroatoms. The summed E-state index contributed by atoms with van der Waals surface area (Å²) in [4.78, 5) is 0. The zero-order valence-corrected chi connectivity index (χ0v) is 10.6. The first kappa shape index (κ1) is 12.3. The quantitative estimate of drug-likeness (QED) is 0.646. The maximum atomic E-state index is 2.28. The van der Waals surface area contributed by atoms with Gasteiger partial charge in [0.05, 0.1) is 0 Å². The first-order valence-electron chi connectivity index (χ1n) is 6.32. The highest BCUT2D eigenvalue weighted by Crippen LogP contribution is 2.43. The van der Waals surface area contributed by atoms with Crippen LogP contribution in [0.2, 0.25) is 0 Å². The average Bonchev–Trinajstić information content (AvgIpc) is 3.02. The zero-order chi connectivity index (χ0) is 11.3. The molecule has 0 amide bonds. The molecule has 0 bridgehead atoms. The Labute approximate surface area is 94.7 Å². The van der Waals surface area contributed by atoms with Crippen LogP contribution in [0.3, 0.4) is 0 Å². The summed E-state index contributed by atoms with van der Waals surface area (Å²) >= 11 is 0. The molecule has 84 valence electrons. The highest BCUT2D eigenvalue weighted by Gasteiger charge is 2.26. The zero-order valence-electron chi connectivity index (χ0n) is 10.6. The SMILES string of the molecule is CCC.CCc1cccc(C)c1C1CC1. The van der Waals surface area contributed by atoms with Crippen molar-refractivity contribution in [2.45, 2.75) is 59.3 Å². The molecule has 0 radical (unpaired) electrons. The van der Waals surface area contributed by atoms with Gasteiger partial charge in [0.2, 0.25) is 0 Å². The van der Waals surface area contributed by atoms with E-state index < -0.39 is 0 Å². The third kappa shape index (κ3) is 3.37. The van der Waals surface area contributed by atoms with Crippen LogP contribution in [0.5, 0.6) is 0 Å². The van der Waals surface area contributed by atoms with Crippen LogP contribution in [0.4, 0.5) is 0 Å². The van der Waals surface area contributed by atoms with Gasteiger partial charge < -0.3 is 0 Å². The van der Waals surface area contributed by atoms with Crippen molar-refractivity contribution < 1.29 is 0 Å². The predicted octanol–water partition coefficient (Wildman–Crippen LogP) is 4.85. The van der Waals surface area contributed by atoms with Crippen molar-refractivity contribution >= 4 is 0 Å². The minimum Gasteiger partial charge on any atom is -0.0656 e. The van der Waals surface area contributed by atoms with E-state index in [1.165, 1.54) is 31.2 Å². The van der Waals surface area contributed by atoms with E-state index in [1.807, 2.05) is 0 Å². The summed E-state index contributed by atoms with van der Waals surface area (Å²) in [5.74, 6) is 0.904. The molecule has 0 unspecified atom stereocenters. The third-order valence-corrected chi connectivity index (χ3v) is 2.78. The van der Waals surface area contributed by atoms with Crippen LogP contribution in [-0.4, -0.2) is 0 Å². The fourth-order valence-corrected chi connectivity index (χ4v) is 2.01. The first-order valence-corrected chi connectivity index (χ1v) is 6.32. The minimum atomic E-state index is 0.904. The molecule has 2 rings (SSSR count). The number of aryl methyl sites for hydroxylation is 2. The van der Waals surface area contributed by atoms with Crippen LogP contribution in [0.15, 0.2) is 18.2 Å². The third-order valence-electron chi connectivity index (χ3n) is 2.78. The normalized spacial score (nSPS) is 14.4. The van der Waals surface area contributed by atoms with E-state index in [-0.39, 0.29) is 0 Å². The summed E-state index contributed by atoms with van der Waals surface area (Å²) in [7, 11) is 0. The van der Waals surface area contributed by atoms with Crippen LogP contribution in [-0.2, 0) is 6.42 Å². The van der Waals surface area contributed by atoms with E-state index in [0.29, 0.717) is 0 Å². The van der Waals surface area contributed by atoms with Gasteiger partial charge in [-0.1, -0.05) is 45.4 Å². The number of hydrogen-bond acceptors (Lipinski definition) is 0. The van der Waals surface area contributed by atoms with Gasteiger partial charge in [-0.15, -0.1) is 0 Å². The van der Waals surface area contributed by atoms with Gasteiger partial charge in [-0.3, -0.25) is 0 Å². The van der Waals surface area contributed by atoms with E-state index in [2.05, 4.69) is 45.9 Å². The second-order valence-electron chi connectivity index (χ2n) is 4.48. The van der Waals surface area contributed by atoms with Gasteiger partial charge in [0, 0.05) is 0 Å². The van der Waals surface area contributed by atoms with E-state index in [0.717, 1.165) is 5.92 Å². The monoisotopic (exact) mass is 204 g/mol. The Bertz CT molecular complexity index is 295. The van der Waals surface area contributed by atoms with Gasteiger partial charge in [0.25, 0.3) is 0 Å². The summed E-state index contributed by atoms with van der Waals surface area (Å²) in [5, 5.41) is 0. The van der Waals surface area contributed by atoms with Crippen LogP contribution in [0.25, 0.3) is 0 Å². The lowest BCUT2D eigenvalue weighted by atomic mass is 9.96. The molecule has 1 aromatic rings. The number of benzene rings is 1. The molecule has 1 aliphatic rings. The summed E-state index contributed by atoms with van der Waals surface area (Å²) in [6.07, 6.45) is 5.27. The molecule has 0 aliphatic heterocycles. The van der Waals surface area contributed by atoms with Gasteiger partial charge in [-0.2, -0.15) is 0 Å². The lowest BCUT2D eigenvalue weighted by Gasteiger charge is -2.09. The molecule has 0 atom stereocenters. The lowest BCUT2D eigenvalue weighted by molar-refractivity contribution is 1.01. The summed E-state index contributed by atoms with van der Waals surface area (Å²) in [6.45, 7) is 8.74. The second kappa shape index (κ2) is 5.95. The summed E-state index contributed by atoms with van der Waals surface area (Å²) in [6, 6.07) is 6.70. The minimum absolute atomic E-state index is 0.904. The molecule has 1 aromatic carbocycles. The summed E-state index contributed by atoms with van der Waals surface area (Å²) < 4.78 is 0. The molecule has 0 nitrogen and oxygen atoms in total. The molecule has 1 aliphatic carbocycles. The molecule has 0 heterocycles. The molecule has 0 spiro atoms. The van der Waals surface area contributed by atoms with Gasteiger partial charge in [0.15, 0.2) is 0 Å². The molecule has 15 heavy (non-hydrogen) atoms. The van der Waals surface area contributed by atoms with Crippen molar-refractivity contribution in [3.8, 4) is 0 Å². The Morgan fingerprint density at radius 2 is 1.73 bits per heavy atom. The Kier molecular flexibility index (Phi) is 4.87. The van der Waals surface area contributed by atoms with Crippen molar-refractivity contribution in [3.63, 3.8) is 0 Å². The smallest absolute Gasteiger partial charge is 0.0156 e. The van der Waals surface area contributed by atoms with Crippen molar-refractivity contribution in [1.29, 1.82) is 0 Å². The summed E-state index contributed by atoms with van der Waals surface area (Å²) in [5.41, 5.74) is 4.72. The van der Waals surface area contributed by atoms with E-state index in [1.54, 1.807) is 11.1 Å². The van der Waals surface area contributed by atoms with Crippen molar-refractivity contribution in [2.75, 3.05) is 0 Å². The highest BCUT2D eigenvalue weighted by atomic mass is 14.3. The average molecular weight is 204 g/mol. The Hall–Kier alpha value is -0.780. The molecular formula is C15H24. The van der Waals surface area contributed by atoms with Gasteiger partial charge >= 0.3 is 0 Å². The Morgan fingerprint density at radius 3 is 2.20 bits per heavy atom. The van der Waals surface area contributed by atoms with Gasteiger partial charge in [-0.25, -0.2) is 0 Å². The fourth-order valence-electron chi connectivity index (χ4n) is 2.01. The molecule has 1 saturated carbocycles. The molecule has 0 N–H and O–H groups in total. The van der Waals surface area contributed by atoms with E-state index in [9.17, 15) is 0 Å². The van der Waals surface area contributed by atoms with E-state index in [4.69, 9.17) is 0 Å². The molecular weight excluding hydrogens is 180 g/mol. The molecule has 1 fully saturated rings. The number of hydrogen-bond donors (Lipinski definition) is 0. The van der Waals surface area contributed by atoms with Crippen molar-refractivity contribution in [2.24, 2.45) is 0 Å². The van der Waals surface area contributed by atoms with Crippen LogP contribution in [0, 0.1) is 6.92 Å². The first-order chi connectivity index (χ1) is 7.24. The second-order valence-corrected chi connectivity index (χ2v) is 4.48. The predicted molar refractivity (Wildman–Crippen MR) is 68.5 cm³/mol. The lowest BCUT2D eigenvalue weighted by Crippen LogP contribution is -1.93. The topological polar surface area (TPSA) is 0 Å². The highest BCUT2D eigenvalue weighted by molar-refractivity contribution is 5.39. The molecule has 0 aromatic heterocycles.